The summed E-state index contributed by atoms with van der Waals surface area (Å²) in [5, 5.41) is 4.20. The summed E-state index contributed by atoms with van der Waals surface area (Å²) < 4.78 is 22.3. The van der Waals surface area contributed by atoms with Gasteiger partial charge in [-0.2, -0.15) is 0 Å². The minimum atomic E-state index is 0.256. The van der Waals surface area contributed by atoms with Crippen LogP contribution in [0.25, 0.3) is 0 Å². The third-order valence-corrected chi connectivity index (χ3v) is 6.74. The van der Waals surface area contributed by atoms with E-state index in [1.165, 1.54) is 12.8 Å². The monoisotopic (exact) mass is 430 g/mol. The first-order valence-corrected chi connectivity index (χ1v) is 11.0. The Kier molecular flexibility index (Phi) is 6.69. The van der Waals surface area contributed by atoms with Crippen molar-refractivity contribution in [3.05, 3.63) is 34.7 Å². The van der Waals surface area contributed by atoms with Gasteiger partial charge in [-0.3, -0.25) is 15.8 Å². The predicted molar refractivity (Wildman–Crippen MR) is 118 cm³/mol. The summed E-state index contributed by atoms with van der Waals surface area (Å²) in [7, 11) is 4.95. The second-order valence-corrected chi connectivity index (χ2v) is 8.48. The largest absolute Gasteiger partial charge is 0.493 e. The summed E-state index contributed by atoms with van der Waals surface area (Å²) in [6.07, 6.45) is 3.58. The third kappa shape index (κ3) is 4.24. The maximum Gasteiger partial charge on any atom is 0.203 e. The van der Waals surface area contributed by atoms with Gasteiger partial charge in [0.05, 0.1) is 32.9 Å². The average molecular weight is 431 g/mol. The van der Waals surface area contributed by atoms with Gasteiger partial charge in [-0.05, 0) is 50.9 Å². The highest BCUT2D eigenvalue weighted by Gasteiger charge is 2.41. The Labute approximate surface area is 184 Å². The average Bonchev–Trinajstić information content (AvgIpc) is 3.40. The van der Waals surface area contributed by atoms with Gasteiger partial charge in [-0.15, -0.1) is 0 Å². The van der Waals surface area contributed by atoms with Crippen molar-refractivity contribution in [1.82, 2.24) is 20.9 Å². The molecule has 0 amide bonds. The molecule has 31 heavy (non-hydrogen) atoms. The number of nitrogens with one attached hydrogen (secondary N) is 2. The van der Waals surface area contributed by atoms with Crippen LogP contribution in [0.3, 0.4) is 0 Å². The molecule has 8 nitrogen and oxygen atoms in total. The summed E-state index contributed by atoms with van der Waals surface area (Å²) in [5.41, 5.74) is 10.2. The molecule has 1 aromatic carbocycles. The SMILES string of the molecule is COc1cc(CN2CCCCC2C2NNCC2c2onc(C)c2C)cc(OC)c1OC. The van der Waals surface area contributed by atoms with E-state index in [1.54, 1.807) is 21.3 Å². The van der Waals surface area contributed by atoms with E-state index in [1.807, 2.05) is 6.92 Å². The molecule has 2 aromatic rings. The second kappa shape index (κ2) is 9.46. The number of hydrogen-bond acceptors (Lipinski definition) is 8. The van der Waals surface area contributed by atoms with Crippen LogP contribution in [0.5, 0.6) is 17.2 Å². The van der Waals surface area contributed by atoms with Crippen LogP contribution < -0.4 is 25.1 Å². The Morgan fingerprint density at radius 3 is 2.45 bits per heavy atom. The van der Waals surface area contributed by atoms with Gasteiger partial charge < -0.3 is 18.7 Å². The molecule has 2 N–H and O–H groups in total. The molecular weight excluding hydrogens is 396 g/mol. The normalized spacial score (nSPS) is 24.4. The third-order valence-electron chi connectivity index (χ3n) is 6.74. The van der Waals surface area contributed by atoms with E-state index < -0.39 is 0 Å². The molecule has 0 radical (unpaired) electrons. The molecule has 0 aliphatic carbocycles. The molecule has 8 heteroatoms. The summed E-state index contributed by atoms with van der Waals surface area (Å²) in [6, 6.07) is 4.75. The molecule has 3 heterocycles. The lowest BCUT2D eigenvalue weighted by atomic mass is 9.85. The summed E-state index contributed by atoms with van der Waals surface area (Å²) in [4.78, 5) is 2.57. The first kappa shape index (κ1) is 21.9. The number of methoxy groups -OCH3 is 3. The molecule has 2 aliphatic rings. The molecule has 3 unspecified atom stereocenters. The van der Waals surface area contributed by atoms with Gasteiger partial charge in [0.15, 0.2) is 11.5 Å². The van der Waals surface area contributed by atoms with Crippen molar-refractivity contribution in [2.75, 3.05) is 34.4 Å². The highest BCUT2D eigenvalue weighted by molar-refractivity contribution is 5.53. The maximum absolute atomic E-state index is 5.74. The summed E-state index contributed by atoms with van der Waals surface area (Å²) in [5.74, 6) is 3.26. The number of ether oxygens (including phenoxy) is 3. The van der Waals surface area contributed by atoms with E-state index >= 15 is 0 Å². The molecular formula is C23H34N4O4. The van der Waals surface area contributed by atoms with Crippen LogP contribution in [-0.2, 0) is 6.54 Å². The number of benzene rings is 1. The van der Waals surface area contributed by atoms with Gasteiger partial charge >= 0.3 is 0 Å². The smallest absolute Gasteiger partial charge is 0.203 e. The van der Waals surface area contributed by atoms with Gasteiger partial charge in [0.2, 0.25) is 5.75 Å². The molecule has 0 bridgehead atoms. The van der Waals surface area contributed by atoms with Crippen LogP contribution in [0.1, 0.15) is 47.8 Å². The molecule has 0 spiro atoms. The van der Waals surface area contributed by atoms with E-state index in [2.05, 4.69) is 40.0 Å². The van der Waals surface area contributed by atoms with Crippen LogP contribution in [0, 0.1) is 13.8 Å². The molecule has 2 aliphatic heterocycles. The Hall–Kier alpha value is -2.29. The molecule has 170 valence electrons. The number of likely N-dealkylation sites (tertiary alicyclic amines) is 1. The van der Waals surface area contributed by atoms with Crippen LogP contribution in [0.15, 0.2) is 16.7 Å². The molecule has 4 rings (SSSR count). The number of aryl methyl sites for hydroxylation is 1. The number of rotatable bonds is 7. The van der Waals surface area contributed by atoms with Crippen molar-refractivity contribution >= 4 is 0 Å². The van der Waals surface area contributed by atoms with Gasteiger partial charge in [0.1, 0.15) is 5.76 Å². The summed E-state index contributed by atoms with van der Waals surface area (Å²) in [6.45, 7) is 6.83. The highest BCUT2D eigenvalue weighted by Crippen LogP contribution is 2.39. The van der Waals surface area contributed by atoms with Gasteiger partial charge in [0, 0.05) is 30.7 Å². The lowest BCUT2D eigenvalue weighted by molar-refractivity contribution is 0.103. The summed E-state index contributed by atoms with van der Waals surface area (Å²) >= 11 is 0. The van der Waals surface area contributed by atoms with Gasteiger partial charge in [0.25, 0.3) is 0 Å². The van der Waals surface area contributed by atoms with E-state index in [-0.39, 0.29) is 12.0 Å². The number of aromatic nitrogens is 1. The lowest BCUT2D eigenvalue weighted by Gasteiger charge is -2.40. The lowest BCUT2D eigenvalue weighted by Crippen LogP contribution is -2.52. The zero-order chi connectivity index (χ0) is 22.0. The topological polar surface area (TPSA) is 81.0 Å². The van der Waals surface area contributed by atoms with Crippen molar-refractivity contribution in [2.24, 2.45) is 0 Å². The Balaban J connectivity index is 1.59. The van der Waals surface area contributed by atoms with E-state index in [9.17, 15) is 0 Å². The van der Waals surface area contributed by atoms with Crippen molar-refractivity contribution in [2.45, 2.75) is 57.7 Å². The van der Waals surface area contributed by atoms with Crippen LogP contribution in [0.2, 0.25) is 0 Å². The maximum atomic E-state index is 5.74. The van der Waals surface area contributed by atoms with Crippen molar-refractivity contribution < 1.29 is 18.7 Å². The second-order valence-electron chi connectivity index (χ2n) is 8.48. The fraction of sp³-hybridized carbons (Fsp3) is 0.609. The fourth-order valence-corrected chi connectivity index (χ4v) is 4.99. The number of hydrazine groups is 1. The first-order valence-electron chi connectivity index (χ1n) is 11.0. The first-order chi connectivity index (χ1) is 15.1. The van der Waals surface area contributed by atoms with Crippen molar-refractivity contribution in [3.63, 3.8) is 0 Å². The number of nitrogens with zero attached hydrogens (tertiary/aromatic N) is 2. The quantitative estimate of drug-likeness (QED) is 0.694. The molecule has 2 saturated heterocycles. The van der Waals surface area contributed by atoms with Crippen LogP contribution >= 0.6 is 0 Å². The minimum Gasteiger partial charge on any atom is -0.493 e. The van der Waals surface area contributed by atoms with E-state index in [4.69, 9.17) is 18.7 Å². The van der Waals surface area contributed by atoms with Crippen molar-refractivity contribution in [1.29, 1.82) is 0 Å². The van der Waals surface area contributed by atoms with E-state index in [0.29, 0.717) is 23.3 Å². The van der Waals surface area contributed by atoms with Gasteiger partial charge in [-0.25, -0.2) is 0 Å². The molecule has 0 saturated carbocycles. The Morgan fingerprint density at radius 1 is 1.10 bits per heavy atom. The zero-order valence-electron chi connectivity index (χ0n) is 19.2. The standard InChI is InChI=1S/C23H34N4O4/c1-14-15(2)26-31-22(14)17-12-24-25-21(17)18-8-6-7-9-27(18)13-16-10-19(28-3)23(30-5)20(11-16)29-4/h10-11,17-18,21,24-25H,6-9,12-13H2,1-5H3. The minimum absolute atomic E-state index is 0.256. The van der Waals surface area contributed by atoms with E-state index in [0.717, 1.165) is 48.6 Å². The molecule has 1 aromatic heterocycles. The van der Waals surface area contributed by atoms with Crippen LogP contribution in [-0.4, -0.2) is 56.6 Å². The Bertz CT molecular complexity index is 875. The number of piperidine rings is 1. The number of hydrogen-bond donors (Lipinski definition) is 2. The fourth-order valence-electron chi connectivity index (χ4n) is 4.99. The van der Waals surface area contributed by atoms with Crippen molar-refractivity contribution in [3.8, 4) is 17.2 Å². The Morgan fingerprint density at radius 2 is 1.84 bits per heavy atom. The van der Waals surface area contributed by atoms with Crippen LogP contribution in [0.4, 0.5) is 0 Å². The molecule has 3 atom stereocenters. The zero-order valence-corrected chi connectivity index (χ0v) is 19.2. The molecule has 2 fully saturated rings. The predicted octanol–water partition coefficient (Wildman–Crippen LogP) is 2.93. The van der Waals surface area contributed by atoms with Gasteiger partial charge in [-0.1, -0.05) is 11.6 Å². The highest BCUT2D eigenvalue weighted by atomic mass is 16.5.